The van der Waals surface area contributed by atoms with Crippen molar-refractivity contribution in [3.8, 4) is 5.75 Å². The summed E-state index contributed by atoms with van der Waals surface area (Å²) in [6, 6.07) is 21.2. The van der Waals surface area contributed by atoms with Crippen molar-refractivity contribution in [3.05, 3.63) is 82.3 Å². The number of piperazine rings is 1. The van der Waals surface area contributed by atoms with Gasteiger partial charge in [0.1, 0.15) is 5.75 Å². The molecule has 4 rings (SSSR count). The Kier molecular flexibility index (Phi) is 6.96. The van der Waals surface area contributed by atoms with Crippen LogP contribution >= 0.6 is 35.0 Å². The molecule has 1 heterocycles. The molecule has 0 spiro atoms. The highest BCUT2D eigenvalue weighted by Crippen LogP contribution is 2.37. The fourth-order valence-corrected chi connectivity index (χ4v) is 5.07. The van der Waals surface area contributed by atoms with E-state index in [0.29, 0.717) is 41.8 Å². The molecule has 1 fully saturated rings. The maximum absolute atomic E-state index is 13.3. The van der Waals surface area contributed by atoms with Crippen LogP contribution in [0.3, 0.4) is 0 Å². The van der Waals surface area contributed by atoms with E-state index in [4.69, 9.17) is 27.9 Å². The molecule has 1 saturated heterocycles. The van der Waals surface area contributed by atoms with E-state index < -0.39 is 0 Å². The lowest BCUT2D eigenvalue weighted by atomic mass is 10.1. The number of methoxy groups -OCH3 is 1. The second-order valence-electron chi connectivity index (χ2n) is 7.10. The molecule has 0 aliphatic carbocycles. The van der Waals surface area contributed by atoms with Crippen LogP contribution < -0.4 is 9.64 Å². The van der Waals surface area contributed by atoms with E-state index in [-0.39, 0.29) is 5.91 Å². The van der Waals surface area contributed by atoms with Crippen molar-refractivity contribution in [2.24, 2.45) is 0 Å². The smallest absolute Gasteiger partial charge is 0.255 e. The first-order valence-corrected chi connectivity index (χ1v) is 11.5. The number of anilines is 1. The van der Waals surface area contributed by atoms with Crippen LogP contribution in [0.4, 0.5) is 5.69 Å². The number of hydrogen-bond donors (Lipinski definition) is 0. The summed E-state index contributed by atoms with van der Waals surface area (Å²) in [5.41, 5.74) is 1.61. The fourth-order valence-electron chi connectivity index (χ4n) is 3.61. The van der Waals surface area contributed by atoms with E-state index in [0.717, 1.165) is 21.2 Å². The van der Waals surface area contributed by atoms with Gasteiger partial charge in [0.15, 0.2) is 0 Å². The zero-order chi connectivity index (χ0) is 21.8. The number of benzene rings is 3. The van der Waals surface area contributed by atoms with E-state index in [9.17, 15) is 4.79 Å². The Morgan fingerprint density at radius 2 is 1.55 bits per heavy atom. The van der Waals surface area contributed by atoms with Gasteiger partial charge in [-0.25, -0.2) is 0 Å². The van der Waals surface area contributed by atoms with E-state index >= 15 is 0 Å². The highest BCUT2D eigenvalue weighted by atomic mass is 35.5. The van der Waals surface area contributed by atoms with Gasteiger partial charge in [-0.1, -0.05) is 65.3 Å². The summed E-state index contributed by atoms with van der Waals surface area (Å²) in [7, 11) is 1.65. The van der Waals surface area contributed by atoms with Gasteiger partial charge in [0, 0.05) is 31.1 Å². The molecule has 1 aliphatic heterocycles. The quantitative estimate of drug-likeness (QED) is 0.447. The Morgan fingerprint density at radius 3 is 2.29 bits per heavy atom. The van der Waals surface area contributed by atoms with Crippen molar-refractivity contribution in [2.75, 3.05) is 38.2 Å². The zero-order valence-electron chi connectivity index (χ0n) is 17.1. The lowest BCUT2D eigenvalue weighted by Gasteiger charge is -2.36. The minimum Gasteiger partial charge on any atom is -0.496 e. The molecule has 3 aromatic rings. The average Bonchev–Trinajstić information content (AvgIpc) is 2.81. The van der Waals surface area contributed by atoms with E-state index in [1.54, 1.807) is 24.9 Å². The number of halogens is 2. The molecule has 7 heteroatoms. The molecule has 1 amide bonds. The van der Waals surface area contributed by atoms with Crippen molar-refractivity contribution in [2.45, 2.75) is 9.79 Å². The van der Waals surface area contributed by atoms with E-state index in [1.807, 2.05) is 65.6 Å². The molecule has 0 aromatic heterocycles. The van der Waals surface area contributed by atoms with Crippen LogP contribution in [0.5, 0.6) is 5.75 Å². The van der Waals surface area contributed by atoms with Gasteiger partial charge in [-0.2, -0.15) is 0 Å². The van der Waals surface area contributed by atoms with Crippen molar-refractivity contribution >= 4 is 46.6 Å². The third kappa shape index (κ3) is 4.79. The molecule has 4 nitrogen and oxygen atoms in total. The molecule has 0 saturated carbocycles. The minimum atomic E-state index is 0.0369. The fraction of sp³-hybridized carbons (Fsp3) is 0.208. The van der Waals surface area contributed by atoms with Crippen molar-refractivity contribution in [1.82, 2.24) is 4.90 Å². The molecule has 1 aliphatic rings. The standard InChI is InChI=1S/C24H22Cl2N2O2S/c1-30-20-10-3-5-12-22(20)31-21-11-4-2-7-17(21)24(29)28-15-13-27(14-16-28)19-9-6-8-18(25)23(19)26/h2-12H,13-16H2,1H3. The second-order valence-corrected chi connectivity index (χ2v) is 8.97. The summed E-state index contributed by atoms with van der Waals surface area (Å²) < 4.78 is 5.46. The third-order valence-electron chi connectivity index (χ3n) is 5.25. The predicted octanol–water partition coefficient (Wildman–Crippen LogP) is 6.12. The summed E-state index contributed by atoms with van der Waals surface area (Å²) in [4.78, 5) is 19.3. The Labute approximate surface area is 196 Å². The number of para-hydroxylation sites is 1. The number of carbonyl (C=O) groups is 1. The van der Waals surface area contributed by atoms with Crippen molar-refractivity contribution < 1.29 is 9.53 Å². The topological polar surface area (TPSA) is 32.8 Å². The van der Waals surface area contributed by atoms with Crippen LogP contribution in [0, 0.1) is 0 Å². The number of ether oxygens (including phenoxy) is 1. The van der Waals surface area contributed by atoms with Gasteiger partial charge in [0.05, 0.1) is 33.3 Å². The molecule has 0 unspecified atom stereocenters. The monoisotopic (exact) mass is 472 g/mol. The molecular weight excluding hydrogens is 451 g/mol. The number of nitrogens with zero attached hydrogens (tertiary/aromatic N) is 2. The lowest BCUT2D eigenvalue weighted by Crippen LogP contribution is -2.49. The maximum Gasteiger partial charge on any atom is 0.255 e. The highest BCUT2D eigenvalue weighted by Gasteiger charge is 2.25. The molecule has 0 atom stereocenters. The van der Waals surface area contributed by atoms with Crippen molar-refractivity contribution in [1.29, 1.82) is 0 Å². The third-order valence-corrected chi connectivity index (χ3v) is 7.19. The SMILES string of the molecule is COc1ccccc1Sc1ccccc1C(=O)N1CCN(c2cccc(Cl)c2Cl)CC1. The maximum atomic E-state index is 13.3. The Morgan fingerprint density at radius 1 is 0.871 bits per heavy atom. The summed E-state index contributed by atoms with van der Waals surface area (Å²) >= 11 is 14.1. The summed E-state index contributed by atoms with van der Waals surface area (Å²) in [6.45, 7) is 2.64. The first-order valence-electron chi connectivity index (χ1n) is 9.96. The van der Waals surface area contributed by atoms with Crippen LogP contribution in [0.1, 0.15) is 10.4 Å². The normalized spacial score (nSPS) is 13.9. The van der Waals surface area contributed by atoms with E-state index in [2.05, 4.69) is 4.90 Å². The van der Waals surface area contributed by atoms with Gasteiger partial charge in [-0.15, -0.1) is 0 Å². The molecule has 160 valence electrons. The van der Waals surface area contributed by atoms with Gasteiger partial charge in [0.2, 0.25) is 0 Å². The van der Waals surface area contributed by atoms with Gasteiger partial charge in [-0.05, 0) is 36.4 Å². The summed E-state index contributed by atoms with van der Waals surface area (Å²) in [5.74, 6) is 0.830. The first-order chi connectivity index (χ1) is 15.1. The number of rotatable bonds is 5. The van der Waals surface area contributed by atoms with Crippen LogP contribution in [0.25, 0.3) is 0 Å². The Balaban J connectivity index is 1.49. The molecular formula is C24H22Cl2N2O2S. The lowest BCUT2D eigenvalue weighted by molar-refractivity contribution is 0.0743. The number of carbonyl (C=O) groups excluding carboxylic acids is 1. The first kappa shape index (κ1) is 21.9. The van der Waals surface area contributed by atoms with Crippen LogP contribution in [0.15, 0.2) is 76.5 Å². The van der Waals surface area contributed by atoms with Gasteiger partial charge in [0.25, 0.3) is 5.91 Å². The zero-order valence-corrected chi connectivity index (χ0v) is 19.4. The second kappa shape index (κ2) is 9.86. The highest BCUT2D eigenvalue weighted by molar-refractivity contribution is 7.99. The largest absolute Gasteiger partial charge is 0.496 e. The van der Waals surface area contributed by atoms with Gasteiger partial charge < -0.3 is 14.5 Å². The van der Waals surface area contributed by atoms with Gasteiger partial charge >= 0.3 is 0 Å². The molecule has 0 N–H and O–H groups in total. The summed E-state index contributed by atoms with van der Waals surface area (Å²) in [6.07, 6.45) is 0. The minimum absolute atomic E-state index is 0.0369. The van der Waals surface area contributed by atoms with Crippen LogP contribution in [0.2, 0.25) is 10.0 Å². The average molecular weight is 473 g/mol. The summed E-state index contributed by atoms with van der Waals surface area (Å²) in [5, 5.41) is 1.10. The van der Waals surface area contributed by atoms with Crippen LogP contribution in [-0.2, 0) is 0 Å². The Hall–Kier alpha value is -2.34. The number of amides is 1. The molecule has 3 aromatic carbocycles. The van der Waals surface area contributed by atoms with Crippen LogP contribution in [-0.4, -0.2) is 44.1 Å². The molecule has 31 heavy (non-hydrogen) atoms. The molecule has 0 bridgehead atoms. The van der Waals surface area contributed by atoms with E-state index in [1.165, 1.54) is 0 Å². The molecule has 0 radical (unpaired) electrons. The van der Waals surface area contributed by atoms with Crippen molar-refractivity contribution in [3.63, 3.8) is 0 Å². The number of hydrogen-bond acceptors (Lipinski definition) is 4. The van der Waals surface area contributed by atoms with Gasteiger partial charge in [-0.3, -0.25) is 4.79 Å². The Bertz CT molecular complexity index is 1080. The predicted molar refractivity (Wildman–Crippen MR) is 128 cm³/mol.